The van der Waals surface area contributed by atoms with E-state index in [1.165, 1.54) is 0 Å². The Kier molecular flexibility index (Phi) is 5.03. The van der Waals surface area contributed by atoms with Crippen molar-refractivity contribution in [2.75, 3.05) is 6.61 Å². The Labute approximate surface area is 141 Å². The zero-order valence-electron chi connectivity index (χ0n) is 15.7. The van der Waals surface area contributed by atoms with E-state index in [4.69, 9.17) is 14.0 Å². The van der Waals surface area contributed by atoms with Crippen molar-refractivity contribution in [2.24, 2.45) is 5.41 Å². The molecule has 2 aliphatic rings. The Morgan fingerprint density at radius 2 is 1.70 bits per heavy atom. The molecule has 1 heterocycles. The van der Waals surface area contributed by atoms with Crippen molar-refractivity contribution in [3.8, 4) is 0 Å². The van der Waals surface area contributed by atoms with E-state index < -0.39 is 18.3 Å². The molecule has 0 radical (unpaired) electrons. The van der Waals surface area contributed by atoms with Crippen LogP contribution < -0.4 is 0 Å². The summed E-state index contributed by atoms with van der Waals surface area (Å²) in [5.41, 5.74) is 1.11. The first kappa shape index (κ1) is 18.5. The molecule has 0 aromatic heterocycles. The maximum atomic E-state index is 12.5. The summed E-state index contributed by atoms with van der Waals surface area (Å²) in [4.78, 5) is 12.5. The number of hydrogen-bond donors (Lipinski definition) is 0. The molecule has 0 saturated carbocycles. The molecule has 4 nitrogen and oxygen atoms in total. The predicted molar refractivity (Wildman–Crippen MR) is 92.0 cm³/mol. The lowest BCUT2D eigenvalue weighted by atomic mass is 9.62. The smallest absolute Gasteiger partial charge is 0.463 e. The number of hydrogen-bond acceptors (Lipinski definition) is 4. The van der Waals surface area contributed by atoms with Gasteiger partial charge in [0.1, 0.15) is 0 Å². The summed E-state index contributed by atoms with van der Waals surface area (Å²) in [6.45, 7) is 14.8. The fraction of sp³-hybridized carbons (Fsp3) is 0.833. The van der Waals surface area contributed by atoms with Gasteiger partial charge in [-0.3, -0.25) is 0 Å². The van der Waals surface area contributed by atoms with Gasteiger partial charge in [-0.2, -0.15) is 0 Å². The van der Waals surface area contributed by atoms with Crippen LogP contribution in [0.5, 0.6) is 0 Å². The summed E-state index contributed by atoms with van der Waals surface area (Å²) in [6.07, 6.45) is 3.66. The molecule has 130 valence electrons. The van der Waals surface area contributed by atoms with E-state index in [1.807, 2.05) is 34.6 Å². The molecule has 0 spiro atoms. The first-order valence-corrected chi connectivity index (χ1v) is 8.80. The van der Waals surface area contributed by atoms with Gasteiger partial charge in [0, 0.05) is 5.57 Å². The Morgan fingerprint density at radius 3 is 2.17 bits per heavy atom. The fourth-order valence-electron chi connectivity index (χ4n) is 3.18. The fourth-order valence-corrected chi connectivity index (χ4v) is 3.18. The van der Waals surface area contributed by atoms with E-state index in [-0.39, 0.29) is 11.4 Å². The predicted octanol–water partition coefficient (Wildman–Crippen LogP) is 4.08. The van der Waals surface area contributed by atoms with Gasteiger partial charge in [0.2, 0.25) is 0 Å². The van der Waals surface area contributed by atoms with E-state index in [0.29, 0.717) is 6.61 Å². The van der Waals surface area contributed by atoms with Crippen molar-refractivity contribution in [1.82, 2.24) is 0 Å². The molecule has 0 bridgehead atoms. The third-order valence-corrected chi connectivity index (χ3v) is 5.90. The Bertz CT molecular complexity index is 493. The molecular formula is C18H31BO4. The first-order chi connectivity index (χ1) is 10.6. The highest BCUT2D eigenvalue weighted by Gasteiger charge is 2.54. The molecule has 1 fully saturated rings. The average molecular weight is 322 g/mol. The van der Waals surface area contributed by atoms with Crippen LogP contribution >= 0.6 is 0 Å². The molecule has 1 aliphatic heterocycles. The monoisotopic (exact) mass is 322 g/mol. The number of rotatable bonds is 4. The van der Waals surface area contributed by atoms with Gasteiger partial charge in [0.05, 0.1) is 17.8 Å². The lowest BCUT2D eigenvalue weighted by molar-refractivity contribution is -0.139. The molecule has 2 rings (SSSR count). The molecule has 0 aromatic rings. The van der Waals surface area contributed by atoms with Crippen LogP contribution in [0.4, 0.5) is 0 Å². The maximum Gasteiger partial charge on any atom is 0.491 e. The van der Waals surface area contributed by atoms with Gasteiger partial charge in [-0.15, -0.1) is 0 Å². The third kappa shape index (κ3) is 3.51. The number of ether oxygens (including phenoxy) is 1. The van der Waals surface area contributed by atoms with Gasteiger partial charge in [-0.1, -0.05) is 20.3 Å². The molecule has 1 atom stereocenters. The summed E-state index contributed by atoms with van der Waals surface area (Å²) >= 11 is 0. The third-order valence-electron chi connectivity index (χ3n) is 5.90. The largest absolute Gasteiger partial charge is 0.491 e. The van der Waals surface area contributed by atoms with Gasteiger partial charge in [0.25, 0.3) is 0 Å². The maximum absolute atomic E-state index is 12.5. The molecule has 0 N–H and O–H groups in total. The summed E-state index contributed by atoms with van der Waals surface area (Å²) in [5.74, 6) is -0.211. The second-order valence-electron chi connectivity index (χ2n) is 8.15. The Hall–Kier alpha value is -0.805. The summed E-state index contributed by atoms with van der Waals surface area (Å²) in [5, 5.41) is 0. The lowest BCUT2D eigenvalue weighted by Crippen LogP contribution is -2.41. The minimum atomic E-state index is -0.444. The zero-order chi connectivity index (χ0) is 17.5. The van der Waals surface area contributed by atoms with Crippen molar-refractivity contribution >= 4 is 13.1 Å². The summed E-state index contributed by atoms with van der Waals surface area (Å²) in [6, 6.07) is 0. The minimum absolute atomic E-state index is 0.148. The van der Waals surface area contributed by atoms with E-state index in [0.717, 1.165) is 36.7 Å². The van der Waals surface area contributed by atoms with Crippen LogP contribution in [0.1, 0.15) is 74.1 Å². The highest BCUT2D eigenvalue weighted by Crippen LogP contribution is 2.46. The SMILES string of the molecule is CCOC(=O)C1=C(B2OC(C)(C)C(C)(C)O2)CCC(C)(CC)C1. The van der Waals surface area contributed by atoms with Crippen molar-refractivity contribution in [3.63, 3.8) is 0 Å². The molecule has 23 heavy (non-hydrogen) atoms. The van der Waals surface area contributed by atoms with Crippen molar-refractivity contribution in [3.05, 3.63) is 11.0 Å². The van der Waals surface area contributed by atoms with E-state index >= 15 is 0 Å². The molecule has 0 aromatic carbocycles. The second-order valence-corrected chi connectivity index (χ2v) is 8.15. The molecular weight excluding hydrogens is 291 g/mol. The van der Waals surface area contributed by atoms with Crippen molar-refractivity contribution in [2.45, 2.75) is 85.4 Å². The molecule has 1 unspecified atom stereocenters. The van der Waals surface area contributed by atoms with Gasteiger partial charge in [-0.25, -0.2) is 4.79 Å². The number of allylic oxidation sites excluding steroid dienone is 1. The summed E-state index contributed by atoms with van der Waals surface area (Å²) < 4.78 is 17.7. The van der Waals surface area contributed by atoms with Crippen LogP contribution in [-0.4, -0.2) is 30.9 Å². The topological polar surface area (TPSA) is 44.8 Å². The quantitative estimate of drug-likeness (QED) is 0.578. The van der Waals surface area contributed by atoms with Gasteiger partial charge < -0.3 is 14.0 Å². The minimum Gasteiger partial charge on any atom is -0.463 e. The van der Waals surface area contributed by atoms with Crippen molar-refractivity contribution < 1.29 is 18.8 Å². The molecule has 1 aliphatic carbocycles. The average Bonchev–Trinajstić information content (AvgIpc) is 2.67. The van der Waals surface area contributed by atoms with Crippen LogP contribution in [0, 0.1) is 5.41 Å². The van der Waals surface area contributed by atoms with Crippen molar-refractivity contribution in [1.29, 1.82) is 0 Å². The van der Waals surface area contributed by atoms with Crippen LogP contribution in [0.3, 0.4) is 0 Å². The zero-order valence-corrected chi connectivity index (χ0v) is 15.7. The van der Waals surface area contributed by atoms with E-state index in [1.54, 1.807) is 0 Å². The normalized spacial score (nSPS) is 29.8. The van der Waals surface area contributed by atoms with Crippen LogP contribution in [0.15, 0.2) is 11.0 Å². The van der Waals surface area contributed by atoms with Crippen LogP contribution in [0.25, 0.3) is 0 Å². The van der Waals surface area contributed by atoms with Gasteiger partial charge in [0.15, 0.2) is 0 Å². The van der Waals surface area contributed by atoms with Crippen LogP contribution in [0.2, 0.25) is 0 Å². The highest BCUT2D eigenvalue weighted by atomic mass is 16.7. The Balaban J connectivity index is 2.36. The van der Waals surface area contributed by atoms with Gasteiger partial charge in [-0.05, 0) is 64.8 Å². The molecule has 5 heteroatoms. The summed E-state index contributed by atoms with van der Waals surface area (Å²) in [7, 11) is -0.444. The second kappa shape index (κ2) is 6.25. The molecule has 0 amide bonds. The van der Waals surface area contributed by atoms with E-state index in [9.17, 15) is 4.79 Å². The molecule has 1 saturated heterocycles. The Morgan fingerprint density at radius 1 is 1.13 bits per heavy atom. The van der Waals surface area contributed by atoms with Gasteiger partial charge >= 0.3 is 13.1 Å². The highest BCUT2D eigenvalue weighted by molar-refractivity contribution is 6.55. The number of carbonyl (C=O) groups is 1. The standard InChI is InChI=1S/C18H31BO4/c1-8-18(7)11-10-14(13(12-18)15(20)21-9-2)19-22-16(3,4)17(5,6)23-19/h8-12H2,1-7H3. The number of esters is 1. The van der Waals surface area contributed by atoms with Crippen LogP contribution in [-0.2, 0) is 18.8 Å². The number of carbonyl (C=O) groups excluding carboxylic acids is 1. The first-order valence-electron chi connectivity index (χ1n) is 8.80. The lowest BCUT2D eigenvalue weighted by Gasteiger charge is -2.35. The van der Waals surface area contributed by atoms with E-state index in [2.05, 4.69) is 13.8 Å².